The highest BCUT2D eigenvalue weighted by atomic mass is 35.5. The standard InChI is InChI=1S/C18H20ClFN2.C2H2O4/c19-17-7-3-1-5-15(17)13-21-9-11-22(12-10-21)14-16-6-2-4-8-18(16)20;3-1(4)2(5)6/h1-8H,9-14H2;(H,3,4)(H,5,6). The van der Waals surface area contributed by atoms with Crippen LogP contribution < -0.4 is 0 Å². The van der Waals surface area contributed by atoms with Crippen molar-refractivity contribution in [2.75, 3.05) is 26.2 Å². The van der Waals surface area contributed by atoms with Crippen molar-refractivity contribution in [3.8, 4) is 0 Å². The Morgan fingerprint density at radius 3 is 1.71 bits per heavy atom. The minimum atomic E-state index is -1.82. The van der Waals surface area contributed by atoms with Crippen molar-refractivity contribution in [1.82, 2.24) is 9.80 Å². The molecule has 1 aliphatic heterocycles. The molecule has 2 aromatic carbocycles. The van der Waals surface area contributed by atoms with Crippen LogP contribution in [0.3, 0.4) is 0 Å². The number of carboxylic acid groups (broad SMARTS) is 2. The van der Waals surface area contributed by atoms with Gasteiger partial charge in [-0.2, -0.15) is 0 Å². The fraction of sp³-hybridized carbons (Fsp3) is 0.300. The number of aliphatic carboxylic acids is 2. The first-order chi connectivity index (χ1) is 13.4. The van der Waals surface area contributed by atoms with Gasteiger partial charge in [-0.25, -0.2) is 14.0 Å². The molecule has 28 heavy (non-hydrogen) atoms. The average Bonchev–Trinajstić information content (AvgIpc) is 2.67. The van der Waals surface area contributed by atoms with Gasteiger partial charge >= 0.3 is 11.9 Å². The van der Waals surface area contributed by atoms with Crippen LogP contribution in [0.5, 0.6) is 0 Å². The number of hydrogen-bond acceptors (Lipinski definition) is 4. The molecule has 2 aromatic rings. The van der Waals surface area contributed by atoms with Crippen LogP contribution in [-0.2, 0) is 22.7 Å². The highest BCUT2D eigenvalue weighted by Gasteiger charge is 2.18. The number of carboxylic acids is 2. The molecular formula is C20H22ClFN2O4. The molecule has 1 saturated heterocycles. The largest absolute Gasteiger partial charge is 0.473 e. The molecule has 0 aliphatic carbocycles. The molecule has 1 heterocycles. The first-order valence-corrected chi connectivity index (χ1v) is 9.12. The van der Waals surface area contributed by atoms with E-state index in [2.05, 4.69) is 15.9 Å². The van der Waals surface area contributed by atoms with E-state index >= 15 is 0 Å². The fourth-order valence-corrected chi connectivity index (χ4v) is 3.04. The number of hydrogen-bond donors (Lipinski definition) is 2. The Kier molecular flexibility index (Phi) is 8.38. The Bertz CT molecular complexity index is 743. The zero-order valence-electron chi connectivity index (χ0n) is 15.2. The number of carbonyl (C=O) groups is 2. The van der Waals surface area contributed by atoms with Gasteiger partial charge in [0.15, 0.2) is 0 Å². The Balaban J connectivity index is 0.000000409. The molecule has 1 fully saturated rings. The molecule has 0 spiro atoms. The second-order valence-electron chi connectivity index (χ2n) is 6.35. The first kappa shape index (κ1) is 21.8. The van der Waals surface area contributed by atoms with Crippen molar-refractivity contribution in [1.29, 1.82) is 0 Å². The van der Waals surface area contributed by atoms with Crippen LogP contribution in [0.2, 0.25) is 5.02 Å². The summed E-state index contributed by atoms with van der Waals surface area (Å²) in [6, 6.07) is 15.0. The average molecular weight is 409 g/mol. The minimum absolute atomic E-state index is 0.110. The third kappa shape index (κ3) is 6.92. The van der Waals surface area contributed by atoms with E-state index in [0.717, 1.165) is 43.3 Å². The van der Waals surface area contributed by atoms with Gasteiger partial charge in [0.1, 0.15) is 5.82 Å². The molecule has 150 valence electrons. The summed E-state index contributed by atoms with van der Waals surface area (Å²) in [6.45, 7) is 5.46. The van der Waals surface area contributed by atoms with Gasteiger partial charge in [-0.1, -0.05) is 48.0 Å². The molecular weight excluding hydrogens is 387 g/mol. The van der Waals surface area contributed by atoms with Crippen molar-refractivity contribution in [2.45, 2.75) is 13.1 Å². The summed E-state index contributed by atoms with van der Waals surface area (Å²) >= 11 is 6.22. The summed E-state index contributed by atoms with van der Waals surface area (Å²) in [7, 11) is 0. The van der Waals surface area contributed by atoms with E-state index in [1.807, 2.05) is 30.3 Å². The van der Waals surface area contributed by atoms with Crippen LogP contribution >= 0.6 is 11.6 Å². The molecule has 8 heteroatoms. The van der Waals surface area contributed by atoms with Gasteiger partial charge in [0, 0.05) is 49.9 Å². The van der Waals surface area contributed by atoms with E-state index in [0.29, 0.717) is 6.54 Å². The van der Waals surface area contributed by atoms with E-state index in [1.54, 1.807) is 6.07 Å². The lowest BCUT2D eigenvalue weighted by atomic mass is 10.1. The Labute approximate surface area is 167 Å². The van der Waals surface area contributed by atoms with Gasteiger partial charge in [-0.15, -0.1) is 0 Å². The number of nitrogens with zero attached hydrogens (tertiary/aromatic N) is 2. The second kappa shape index (κ2) is 10.8. The molecule has 3 rings (SSSR count). The van der Waals surface area contributed by atoms with Crippen molar-refractivity contribution in [3.63, 3.8) is 0 Å². The summed E-state index contributed by atoms with van der Waals surface area (Å²) in [5.74, 6) is -3.76. The van der Waals surface area contributed by atoms with Crippen LogP contribution in [-0.4, -0.2) is 58.1 Å². The highest BCUT2D eigenvalue weighted by molar-refractivity contribution is 6.31. The van der Waals surface area contributed by atoms with Crippen LogP contribution in [0.1, 0.15) is 11.1 Å². The number of halogens is 2. The van der Waals surface area contributed by atoms with Crippen molar-refractivity contribution < 1.29 is 24.2 Å². The summed E-state index contributed by atoms with van der Waals surface area (Å²) in [6.07, 6.45) is 0. The quantitative estimate of drug-likeness (QED) is 0.757. The minimum Gasteiger partial charge on any atom is -0.473 e. The predicted molar refractivity (Wildman–Crippen MR) is 104 cm³/mol. The summed E-state index contributed by atoms with van der Waals surface area (Å²) in [4.78, 5) is 22.9. The summed E-state index contributed by atoms with van der Waals surface area (Å²) in [5.41, 5.74) is 1.95. The SMILES string of the molecule is Fc1ccccc1CN1CCN(Cc2ccccc2Cl)CC1.O=C(O)C(=O)O. The third-order valence-electron chi connectivity index (χ3n) is 4.35. The van der Waals surface area contributed by atoms with Crippen molar-refractivity contribution >= 4 is 23.5 Å². The number of piperazine rings is 1. The Morgan fingerprint density at radius 2 is 1.25 bits per heavy atom. The van der Waals surface area contributed by atoms with E-state index in [9.17, 15) is 4.39 Å². The molecule has 6 nitrogen and oxygen atoms in total. The van der Waals surface area contributed by atoms with Gasteiger partial charge in [-0.05, 0) is 17.7 Å². The van der Waals surface area contributed by atoms with E-state index in [1.165, 1.54) is 11.6 Å². The lowest BCUT2D eigenvalue weighted by Crippen LogP contribution is -2.45. The smallest absolute Gasteiger partial charge is 0.414 e. The summed E-state index contributed by atoms with van der Waals surface area (Å²) < 4.78 is 13.7. The fourth-order valence-electron chi connectivity index (χ4n) is 2.84. The maximum absolute atomic E-state index is 13.7. The first-order valence-electron chi connectivity index (χ1n) is 8.74. The Hall–Kier alpha value is -2.48. The molecule has 0 aromatic heterocycles. The van der Waals surface area contributed by atoms with E-state index < -0.39 is 11.9 Å². The molecule has 0 atom stereocenters. The monoisotopic (exact) mass is 408 g/mol. The normalized spacial score (nSPS) is 14.8. The molecule has 0 amide bonds. The van der Waals surface area contributed by atoms with E-state index in [-0.39, 0.29) is 5.82 Å². The van der Waals surface area contributed by atoms with Gasteiger partial charge in [0.05, 0.1) is 0 Å². The molecule has 2 N–H and O–H groups in total. The number of benzene rings is 2. The van der Waals surface area contributed by atoms with Crippen LogP contribution in [0.4, 0.5) is 4.39 Å². The Morgan fingerprint density at radius 1 is 0.821 bits per heavy atom. The van der Waals surface area contributed by atoms with Crippen molar-refractivity contribution in [3.05, 3.63) is 70.5 Å². The summed E-state index contributed by atoms with van der Waals surface area (Å²) in [5, 5.41) is 15.6. The lowest BCUT2D eigenvalue weighted by Gasteiger charge is -2.34. The topological polar surface area (TPSA) is 81.1 Å². The van der Waals surface area contributed by atoms with Gasteiger partial charge in [0.25, 0.3) is 0 Å². The van der Waals surface area contributed by atoms with Crippen molar-refractivity contribution in [2.24, 2.45) is 0 Å². The molecule has 0 saturated carbocycles. The second-order valence-corrected chi connectivity index (χ2v) is 6.75. The third-order valence-corrected chi connectivity index (χ3v) is 4.72. The maximum atomic E-state index is 13.7. The van der Waals surface area contributed by atoms with Gasteiger partial charge in [-0.3, -0.25) is 9.80 Å². The zero-order chi connectivity index (χ0) is 20.5. The zero-order valence-corrected chi connectivity index (χ0v) is 16.0. The highest BCUT2D eigenvalue weighted by Crippen LogP contribution is 2.18. The van der Waals surface area contributed by atoms with Crippen LogP contribution in [0, 0.1) is 5.82 Å². The van der Waals surface area contributed by atoms with Crippen LogP contribution in [0.15, 0.2) is 48.5 Å². The molecule has 1 aliphatic rings. The van der Waals surface area contributed by atoms with Crippen LogP contribution in [0.25, 0.3) is 0 Å². The molecule has 0 unspecified atom stereocenters. The lowest BCUT2D eigenvalue weighted by molar-refractivity contribution is -0.159. The maximum Gasteiger partial charge on any atom is 0.414 e. The van der Waals surface area contributed by atoms with Gasteiger partial charge in [0.2, 0.25) is 0 Å². The number of rotatable bonds is 4. The molecule has 0 bridgehead atoms. The predicted octanol–water partition coefficient (Wildman–Crippen LogP) is 2.95. The van der Waals surface area contributed by atoms with Gasteiger partial charge < -0.3 is 10.2 Å². The van der Waals surface area contributed by atoms with E-state index in [4.69, 9.17) is 31.4 Å². The molecule has 0 radical (unpaired) electrons.